The lowest BCUT2D eigenvalue weighted by atomic mass is 10.1. The van der Waals surface area contributed by atoms with Gasteiger partial charge in [0.1, 0.15) is 0 Å². The summed E-state index contributed by atoms with van der Waals surface area (Å²) in [7, 11) is 0. The third-order valence-electron chi connectivity index (χ3n) is 4.52. The molecule has 0 aromatic heterocycles. The highest BCUT2D eigenvalue weighted by Crippen LogP contribution is 2.39. The summed E-state index contributed by atoms with van der Waals surface area (Å²) in [5.41, 5.74) is 1.01. The molecular formula is C18H17F3N2O4. The van der Waals surface area contributed by atoms with Crippen LogP contribution in [0.25, 0.3) is 6.08 Å². The number of hydrogen-bond acceptors (Lipinski definition) is 5. The molecule has 1 aromatic rings. The normalized spacial score (nSPS) is 19.7. The lowest BCUT2D eigenvalue weighted by Gasteiger charge is -2.31. The largest absolute Gasteiger partial charge is 0.454 e. The van der Waals surface area contributed by atoms with Gasteiger partial charge in [-0.1, -0.05) is 12.1 Å². The maximum atomic E-state index is 13.0. The van der Waals surface area contributed by atoms with Gasteiger partial charge >= 0.3 is 6.18 Å². The van der Waals surface area contributed by atoms with Crippen molar-refractivity contribution in [3.8, 4) is 0 Å². The fourth-order valence-electron chi connectivity index (χ4n) is 3.33. The number of non-ortho nitro benzene ring substituents is 1. The number of Topliss-reactive ketones (excluding diaryl/α,β-unsaturated/α-hetero) is 1. The monoisotopic (exact) mass is 382 g/mol. The number of nitrogens with zero attached hydrogens (tertiary/aromatic N) is 2. The summed E-state index contributed by atoms with van der Waals surface area (Å²) in [4.78, 5) is 24.0. The van der Waals surface area contributed by atoms with E-state index < -0.39 is 16.9 Å². The first-order chi connectivity index (χ1) is 12.8. The van der Waals surface area contributed by atoms with E-state index in [4.69, 9.17) is 4.74 Å². The first-order valence-electron chi connectivity index (χ1n) is 8.40. The van der Waals surface area contributed by atoms with Gasteiger partial charge in [0.05, 0.1) is 18.1 Å². The van der Waals surface area contributed by atoms with Crippen LogP contribution in [0.15, 0.2) is 41.1 Å². The molecule has 0 spiro atoms. The SMILES string of the molecule is O=C(C1=C(N2CCOCC2)/C(=C/c2cccc([N+](=O)[O-])c2)CC1)C(F)(F)F. The Bertz CT molecular complexity index is 824. The Morgan fingerprint density at radius 2 is 1.93 bits per heavy atom. The molecule has 0 amide bonds. The van der Waals surface area contributed by atoms with Gasteiger partial charge in [-0.2, -0.15) is 13.2 Å². The quantitative estimate of drug-likeness (QED) is 0.589. The maximum Gasteiger partial charge on any atom is 0.454 e. The molecule has 0 atom stereocenters. The minimum absolute atomic E-state index is 0.00814. The van der Waals surface area contributed by atoms with Crippen molar-refractivity contribution in [2.75, 3.05) is 26.3 Å². The first kappa shape index (κ1) is 19.1. The molecule has 1 aliphatic heterocycles. The zero-order valence-corrected chi connectivity index (χ0v) is 14.3. The van der Waals surface area contributed by atoms with Crippen LogP contribution in [-0.2, 0) is 9.53 Å². The fourth-order valence-corrected chi connectivity index (χ4v) is 3.33. The second-order valence-corrected chi connectivity index (χ2v) is 6.28. The van der Waals surface area contributed by atoms with E-state index in [0.29, 0.717) is 37.4 Å². The second kappa shape index (κ2) is 7.51. The van der Waals surface area contributed by atoms with Crippen molar-refractivity contribution >= 4 is 17.5 Å². The van der Waals surface area contributed by atoms with Crippen LogP contribution >= 0.6 is 0 Å². The fraction of sp³-hybridized carbons (Fsp3) is 0.389. The van der Waals surface area contributed by atoms with Crippen molar-refractivity contribution in [3.63, 3.8) is 0 Å². The molecule has 9 heteroatoms. The van der Waals surface area contributed by atoms with Crippen LogP contribution in [0, 0.1) is 10.1 Å². The van der Waals surface area contributed by atoms with Crippen LogP contribution in [-0.4, -0.2) is 48.1 Å². The van der Waals surface area contributed by atoms with Crippen molar-refractivity contribution in [3.05, 3.63) is 56.8 Å². The van der Waals surface area contributed by atoms with Gasteiger partial charge < -0.3 is 9.64 Å². The Labute approximate surface area is 153 Å². The predicted octanol–water partition coefficient (Wildman–Crippen LogP) is 3.49. The molecule has 27 heavy (non-hydrogen) atoms. The van der Waals surface area contributed by atoms with E-state index in [0.717, 1.165) is 0 Å². The van der Waals surface area contributed by atoms with Crippen molar-refractivity contribution in [2.24, 2.45) is 0 Å². The standard InChI is InChI=1S/C18H17F3N2O4/c19-18(20,21)17(24)15-5-4-13(16(15)22-6-8-27-9-7-22)10-12-2-1-3-14(11-12)23(25)26/h1-3,10-11H,4-9H2/b13-10+. The molecule has 0 unspecified atom stereocenters. The Balaban J connectivity index is 2.03. The van der Waals surface area contributed by atoms with E-state index in [-0.39, 0.29) is 29.8 Å². The van der Waals surface area contributed by atoms with Crippen LogP contribution in [0.1, 0.15) is 18.4 Å². The van der Waals surface area contributed by atoms with Crippen molar-refractivity contribution in [2.45, 2.75) is 19.0 Å². The van der Waals surface area contributed by atoms with E-state index in [2.05, 4.69) is 0 Å². The highest BCUT2D eigenvalue weighted by Gasteiger charge is 2.44. The topological polar surface area (TPSA) is 72.7 Å². The highest BCUT2D eigenvalue weighted by atomic mass is 19.4. The number of halogens is 3. The molecule has 1 aliphatic carbocycles. The molecule has 0 N–H and O–H groups in total. The number of carbonyl (C=O) groups is 1. The molecule has 1 saturated heterocycles. The number of ketones is 1. The average Bonchev–Trinajstić information content (AvgIpc) is 3.04. The van der Waals surface area contributed by atoms with Crippen LogP contribution < -0.4 is 0 Å². The Hall–Kier alpha value is -2.68. The first-order valence-corrected chi connectivity index (χ1v) is 8.40. The number of carbonyl (C=O) groups excluding carboxylic acids is 1. The lowest BCUT2D eigenvalue weighted by Crippen LogP contribution is -2.37. The molecule has 1 fully saturated rings. The van der Waals surface area contributed by atoms with Crippen LogP contribution in [0.3, 0.4) is 0 Å². The number of nitro groups is 1. The third kappa shape index (κ3) is 4.19. The zero-order valence-electron chi connectivity index (χ0n) is 14.3. The van der Waals surface area contributed by atoms with Crippen molar-refractivity contribution < 1.29 is 27.6 Å². The molecule has 1 heterocycles. The van der Waals surface area contributed by atoms with Gasteiger partial charge in [0, 0.05) is 36.5 Å². The third-order valence-corrected chi connectivity index (χ3v) is 4.52. The molecular weight excluding hydrogens is 365 g/mol. The number of rotatable bonds is 4. The molecule has 0 radical (unpaired) electrons. The Kier molecular flexibility index (Phi) is 5.31. The molecule has 144 valence electrons. The van der Waals surface area contributed by atoms with Gasteiger partial charge in [-0.15, -0.1) is 0 Å². The maximum absolute atomic E-state index is 13.0. The van der Waals surface area contributed by atoms with Gasteiger partial charge in [0.2, 0.25) is 0 Å². The summed E-state index contributed by atoms with van der Waals surface area (Å²) in [6.07, 6.45) is -3.05. The summed E-state index contributed by atoms with van der Waals surface area (Å²) in [6, 6.07) is 5.85. The van der Waals surface area contributed by atoms with Gasteiger partial charge in [-0.3, -0.25) is 14.9 Å². The van der Waals surface area contributed by atoms with Crippen LogP contribution in [0.2, 0.25) is 0 Å². The predicted molar refractivity (Wildman–Crippen MR) is 90.8 cm³/mol. The number of benzene rings is 1. The van der Waals surface area contributed by atoms with Crippen molar-refractivity contribution in [1.29, 1.82) is 0 Å². The van der Waals surface area contributed by atoms with E-state index >= 15 is 0 Å². The Morgan fingerprint density at radius 3 is 2.56 bits per heavy atom. The van der Waals surface area contributed by atoms with Crippen LogP contribution in [0.4, 0.5) is 18.9 Å². The summed E-state index contributed by atoms with van der Waals surface area (Å²) < 4.78 is 44.3. The van der Waals surface area contributed by atoms with E-state index in [1.165, 1.54) is 18.2 Å². The summed E-state index contributed by atoms with van der Waals surface area (Å²) in [5.74, 6) is -1.83. The van der Waals surface area contributed by atoms with E-state index in [9.17, 15) is 28.1 Å². The minimum atomic E-state index is -4.94. The molecule has 3 rings (SSSR count). The molecule has 0 saturated carbocycles. The average molecular weight is 382 g/mol. The molecule has 0 bridgehead atoms. The number of ether oxygens (including phenoxy) is 1. The van der Waals surface area contributed by atoms with E-state index in [1.54, 1.807) is 17.0 Å². The van der Waals surface area contributed by atoms with Gasteiger partial charge in [0.25, 0.3) is 11.5 Å². The van der Waals surface area contributed by atoms with Gasteiger partial charge in [-0.05, 0) is 30.1 Å². The second-order valence-electron chi connectivity index (χ2n) is 6.28. The summed E-state index contributed by atoms with van der Waals surface area (Å²) in [6.45, 7) is 1.49. The van der Waals surface area contributed by atoms with Crippen LogP contribution in [0.5, 0.6) is 0 Å². The van der Waals surface area contributed by atoms with Gasteiger partial charge in [-0.25, -0.2) is 0 Å². The number of nitro benzene ring substituents is 1. The molecule has 6 nitrogen and oxygen atoms in total. The zero-order chi connectivity index (χ0) is 19.6. The molecule has 2 aliphatic rings. The smallest absolute Gasteiger partial charge is 0.378 e. The number of alkyl halides is 3. The van der Waals surface area contributed by atoms with Crippen molar-refractivity contribution in [1.82, 2.24) is 4.90 Å². The minimum Gasteiger partial charge on any atom is -0.378 e. The number of morpholine rings is 1. The number of allylic oxidation sites excluding steroid dienone is 2. The Morgan fingerprint density at radius 1 is 1.22 bits per heavy atom. The van der Waals surface area contributed by atoms with Gasteiger partial charge in [0.15, 0.2) is 0 Å². The molecule has 1 aromatic carbocycles. The lowest BCUT2D eigenvalue weighted by molar-refractivity contribution is -0.384. The summed E-state index contributed by atoms with van der Waals surface area (Å²) >= 11 is 0. The van der Waals surface area contributed by atoms with E-state index in [1.807, 2.05) is 0 Å². The highest BCUT2D eigenvalue weighted by molar-refractivity contribution is 6.01. The number of hydrogen-bond donors (Lipinski definition) is 0. The summed E-state index contributed by atoms with van der Waals surface area (Å²) in [5, 5.41) is 10.9.